The van der Waals surface area contributed by atoms with Gasteiger partial charge in [-0.25, -0.2) is 0 Å². The molecule has 5 nitrogen and oxygen atoms in total. The molecular formula is C12H17NO4. The molecule has 1 rings (SSSR count). The van der Waals surface area contributed by atoms with Crippen molar-refractivity contribution in [3.05, 3.63) is 27.2 Å². The zero-order valence-electron chi connectivity index (χ0n) is 10.3. The van der Waals surface area contributed by atoms with Crippen molar-refractivity contribution in [1.29, 1.82) is 0 Å². The van der Waals surface area contributed by atoms with Crippen LogP contribution in [0.5, 0.6) is 5.75 Å². The van der Waals surface area contributed by atoms with E-state index in [9.17, 15) is 14.7 Å². The summed E-state index contributed by atoms with van der Waals surface area (Å²) in [5.41, 5.74) is 1.13. The molecule has 0 unspecified atom stereocenters. The lowest BCUT2D eigenvalue weighted by Gasteiger charge is -2.14. The lowest BCUT2D eigenvalue weighted by molar-refractivity contribution is -0.132. The number of nitrogens with one attached hydrogen (secondary N) is 1. The van der Waals surface area contributed by atoms with E-state index in [2.05, 4.69) is 4.98 Å². The molecule has 0 atom stereocenters. The fourth-order valence-corrected chi connectivity index (χ4v) is 1.70. The van der Waals surface area contributed by atoms with Crippen LogP contribution in [0.2, 0.25) is 0 Å². The van der Waals surface area contributed by atoms with E-state index in [1.165, 1.54) is 6.92 Å². The van der Waals surface area contributed by atoms with E-state index >= 15 is 0 Å². The summed E-state index contributed by atoms with van der Waals surface area (Å²) in [6.07, 6.45) is 1.46. The molecule has 5 heteroatoms. The molecule has 0 aliphatic carbocycles. The van der Waals surface area contributed by atoms with Crippen molar-refractivity contribution in [1.82, 2.24) is 4.98 Å². The predicted octanol–water partition coefficient (Wildman–Crippen LogP) is 1.05. The first-order valence-corrected chi connectivity index (χ1v) is 5.55. The van der Waals surface area contributed by atoms with E-state index in [0.717, 1.165) is 6.42 Å². The fourth-order valence-electron chi connectivity index (χ4n) is 1.70. The van der Waals surface area contributed by atoms with Crippen LogP contribution in [-0.4, -0.2) is 16.1 Å². The second kappa shape index (κ2) is 5.63. The summed E-state index contributed by atoms with van der Waals surface area (Å²) >= 11 is 0. The average molecular weight is 239 g/mol. The van der Waals surface area contributed by atoms with Gasteiger partial charge in [0.2, 0.25) is 0 Å². The van der Waals surface area contributed by atoms with Gasteiger partial charge in [0.15, 0.2) is 0 Å². The Labute approximate surface area is 99.4 Å². The zero-order chi connectivity index (χ0) is 13.0. The highest BCUT2D eigenvalue weighted by Crippen LogP contribution is 2.25. The lowest BCUT2D eigenvalue weighted by Crippen LogP contribution is -2.19. The van der Waals surface area contributed by atoms with Crippen molar-refractivity contribution in [2.45, 2.75) is 40.2 Å². The number of aliphatic hydroxyl groups is 1. The van der Waals surface area contributed by atoms with Crippen molar-refractivity contribution in [3.8, 4) is 5.75 Å². The Bertz CT molecular complexity index is 476. The Morgan fingerprint density at radius 3 is 2.59 bits per heavy atom. The van der Waals surface area contributed by atoms with Gasteiger partial charge in [-0.1, -0.05) is 13.3 Å². The normalized spacial score (nSPS) is 10.4. The standard InChI is InChI=1S/C12H17NO4/c1-4-5-9-10(6-14)13-12(16)7(2)11(9)17-8(3)15/h14H,4-6H2,1-3H3,(H,13,16). The monoisotopic (exact) mass is 239 g/mol. The third-order valence-corrected chi connectivity index (χ3v) is 2.49. The van der Waals surface area contributed by atoms with Crippen LogP contribution >= 0.6 is 0 Å². The van der Waals surface area contributed by atoms with Gasteiger partial charge in [0.25, 0.3) is 5.56 Å². The fraction of sp³-hybridized carbons (Fsp3) is 0.500. The van der Waals surface area contributed by atoms with Crippen molar-refractivity contribution < 1.29 is 14.6 Å². The number of esters is 1. The summed E-state index contributed by atoms with van der Waals surface area (Å²) < 4.78 is 5.08. The van der Waals surface area contributed by atoms with Gasteiger partial charge in [-0.2, -0.15) is 0 Å². The number of pyridine rings is 1. The molecule has 0 saturated heterocycles. The quantitative estimate of drug-likeness (QED) is 0.770. The lowest BCUT2D eigenvalue weighted by atomic mass is 10.0. The van der Waals surface area contributed by atoms with Crippen LogP contribution in [0.3, 0.4) is 0 Å². The molecule has 1 aromatic heterocycles. The van der Waals surface area contributed by atoms with Crippen LogP contribution in [-0.2, 0) is 17.8 Å². The summed E-state index contributed by atoms with van der Waals surface area (Å²) in [6, 6.07) is 0. The van der Waals surface area contributed by atoms with E-state index in [4.69, 9.17) is 4.74 Å². The summed E-state index contributed by atoms with van der Waals surface area (Å²) in [7, 11) is 0. The van der Waals surface area contributed by atoms with Gasteiger partial charge in [0, 0.05) is 12.5 Å². The van der Waals surface area contributed by atoms with Gasteiger partial charge in [0.05, 0.1) is 17.9 Å². The molecule has 0 saturated carbocycles. The molecule has 94 valence electrons. The first-order chi connectivity index (χ1) is 8.01. The number of H-pyrrole nitrogens is 1. The van der Waals surface area contributed by atoms with Gasteiger partial charge in [-0.3, -0.25) is 9.59 Å². The minimum absolute atomic E-state index is 0.279. The molecule has 0 amide bonds. The second-order valence-electron chi connectivity index (χ2n) is 3.87. The van der Waals surface area contributed by atoms with Gasteiger partial charge < -0.3 is 14.8 Å². The van der Waals surface area contributed by atoms with Crippen LogP contribution in [0.1, 0.15) is 37.1 Å². The molecule has 1 heterocycles. The number of hydrogen-bond donors (Lipinski definition) is 2. The largest absolute Gasteiger partial charge is 0.426 e. The highest BCUT2D eigenvalue weighted by molar-refractivity contribution is 5.70. The van der Waals surface area contributed by atoms with Crippen LogP contribution in [0.25, 0.3) is 0 Å². The first-order valence-electron chi connectivity index (χ1n) is 5.55. The molecule has 0 bridgehead atoms. The van der Waals surface area contributed by atoms with Crippen molar-refractivity contribution in [2.24, 2.45) is 0 Å². The number of carbonyl (C=O) groups is 1. The summed E-state index contributed by atoms with van der Waals surface area (Å²) in [5, 5.41) is 9.21. The Balaban J connectivity index is 3.43. The Morgan fingerprint density at radius 2 is 2.12 bits per heavy atom. The summed E-state index contributed by atoms with van der Waals surface area (Å²) in [5.74, 6) is -0.188. The third kappa shape index (κ3) is 2.94. The SMILES string of the molecule is CCCc1c(CO)[nH]c(=O)c(C)c1OC(C)=O. The summed E-state index contributed by atoms with van der Waals surface area (Å²) in [4.78, 5) is 25.2. The first kappa shape index (κ1) is 13.4. The maximum atomic E-state index is 11.6. The van der Waals surface area contributed by atoms with E-state index in [1.807, 2.05) is 6.92 Å². The van der Waals surface area contributed by atoms with E-state index in [1.54, 1.807) is 6.92 Å². The van der Waals surface area contributed by atoms with Crippen LogP contribution in [0, 0.1) is 6.92 Å². The minimum atomic E-state index is -0.472. The Hall–Kier alpha value is -1.62. The number of ether oxygens (including phenoxy) is 1. The molecule has 0 radical (unpaired) electrons. The van der Waals surface area contributed by atoms with E-state index in [-0.39, 0.29) is 17.9 Å². The molecule has 2 N–H and O–H groups in total. The molecule has 0 spiro atoms. The number of rotatable bonds is 4. The number of aromatic amines is 1. The number of hydrogen-bond acceptors (Lipinski definition) is 4. The highest BCUT2D eigenvalue weighted by Gasteiger charge is 2.16. The topological polar surface area (TPSA) is 79.4 Å². The van der Waals surface area contributed by atoms with Crippen molar-refractivity contribution >= 4 is 5.97 Å². The van der Waals surface area contributed by atoms with Crippen molar-refractivity contribution in [3.63, 3.8) is 0 Å². The molecule has 17 heavy (non-hydrogen) atoms. The predicted molar refractivity (Wildman–Crippen MR) is 63.0 cm³/mol. The Morgan fingerprint density at radius 1 is 1.47 bits per heavy atom. The smallest absolute Gasteiger partial charge is 0.308 e. The van der Waals surface area contributed by atoms with Crippen LogP contribution < -0.4 is 10.3 Å². The maximum Gasteiger partial charge on any atom is 0.308 e. The molecule has 0 aliphatic rings. The Kier molecular flexibility index (Phi) is 4.45. The number of aromatic nitrogens is 1. The van der Waals surface area contributed by atoms with Crippen LogP contribution in [0.4, 0.5) is 0 Å². The number of aliphatic hydroxyl groups excluding tert-OH is 1. The summed E-state index contributed by atoms with van der Waals surface area (Å²) in [6.45, 7) is 4.57. The van der Waals surface area contributed by atoms with Gasteiger partial charge in [0.1, 0.15) is 5.75 Å². The minimum Gasteiger partial charge on any atom is -0.426 e. The molecule has 0 fully saturated rings. The zero-order valence-corrected chi connectivity index (χ0v) is 10.3. The molecule has 0 aliphatic heterocycles. The maximum absolute atomic E-state index is 11.6. The third-order valence-electron chi connectivity index (χ3n) is 2.49. The van der Waals surface area contributed by atoms with Crippen LogP contribution in [0.15, 0.2) is 4.79 Å². The van der Waals surface area contributed by atoms with Crippen molar-refractivity contribution in [2.75, 3.05) is 0 Å². The second-order valence-corrected chi connectivity index (χ2v) is 3.87. The van der Waals surface area contributed by atoms with Gasteiger partial charge in [-0.05, 0) is 13.3 Å². The average Bonchev–Trinajstić information content (AvgIpc) is 2.28. The van der Waals surface area contributed by atoms with E-state index < -0.39 is 5.97 Å². The highest BCUT2D eigenvalue weighted by atomic mass is 16.5. The molecule has 1 aromatic rings. The molecular weight excluding hydrogens is 222 g/mol. The number of carbonyl (C=O) groups excluding carboxylic acids is 1. The molecule has 0 aromatic carbocycles. The van der Waals surface area contributed by atoms with Gasteiger partial charge >= 0.3 is 5.97 Å². The van der Waals surface area contributed by atoms with E-state index in [0.29, 0.717) is 23.2 Å². The van der Waals surface area contributed by atoms with Gasteiger partial charge in [-0.15, -0.1) is 0 Å².